The molecule has 1 N–H and O–H groups in total. The summed E-state index contributed by atoms with van der Waals surface area (Å²) in [5, 5.41) is 3.87. The first-order valence-electron chi connectivity index (χ1n) is 7.43. The third-order valence-corrected chi connectivity index (χ3v) is 4.13. The predicted octanol–water partition coefficient (Wildman–Crippen LogP) is 4.37. The molecule has 0 aromatic rings. The lowest BCUT2D eigenvalue weighted by atomic mass is 9.73. The summed E-state index contributed by atoms with van der Waals surface area (Å²) >= 11 is 0. The van der Waals surface area contributed by atoms with Crippen LogP contribution in [0.1, 0.15) is 72.6 Å². The Bertz CT molecular complexity index is 170. The van der Waals surface area contributed by atoms with E-state index in [0.29, 0.717) is 0 Å². The maximum absolute atomic E-state index is 3.87. The van der Waals surface area contributed by atoms with Gasteiger partial charge in [-0.2, -0.15) is 0 Å². The van der Waals surface area contributed by atoms with Crippen molar-refractivity contribution in [2.24, 2.45) is 11.8 Å². The minimum atomic E-state index is 0.795. The van der Waals surface area contributed by atoms with E-state index in [1.807, 2.05) is 0 Å². The fourth-order valence-corrected chi connectivity index (χ4v) is 2.79. The molecule has 0 aliphatic heterocycles. The van der Waals surface area contributed by atoms with E-state index in [1.165, 1.54) is 44.9 Å². The Morgan fingerprint density at radius 2 is 1.75 bits per heavy atom. The van der Waals surface area contributed by atoms with E-state index in [1.54, 1.807) is 0 Å². The molecule has 0 radical (unpaired) electrons. The Labute approximate surface area is 102 Å². The molecule has 0 saturated heterocycles. The maximum Gasteiger partial charge on any atom is 0.00751 e. The molecule has 0 heterocycles. The SMILES string of the molecule is CCCCC(CCC)NC1CC(C(C)C)C1. The van der Waals surface area contributed by atoms with Gasteiger partial charge < -0.3 is 5.32 Å². The topological polar surface area (TPSA) is 12.0 Å². The highest BCUT2D eigenvalue weighted by Crippen LogP contribution is 2.34. The van der Waals surface area contributed by atoms with E-state index in [-0.39, 0.29) is 0 Å². The molecule has 1 atom stereocenters. The Morgan fingerprint density at radius 3 is 2.25 bits per heavy atom. The number of hydrogen-bond acceptors (Lipinski definition) is 1. The van der Waals surface area contributed by atoms with Crippen molar-refractivity contribution in [2.75, 3.05) is 0 Å². The Kier molecular flexibility index (Phi) is 6.41. The van der Waals surface area contributed by atoms with Gasteiger partial charge in [0.05, 0.1) is 0 Å². The van der Waals surface area contributed by atoms with Gasteiger partial charge in [0.15, 0.2) is 0 Å². The molecule has 0 aromatic carbocycles. The van der Waals surface area contributed by atoms with Crippen LogP contribution in [-0.4, -0.2) is 12.1 Å². The summed E-state index contributed by atoms with van der Waals surface area (Å²) in [6, 6.07) is 1.63. The zero-order chi connectivity index (χ0) is 12.0. The lowest BCUT2D eigenvalue weighted by Gasteiger charge is -2.40. The van der Waals surface area contributed by atoms with Gasteiger partial charge in [-0.25, -0.2) is 0 Å². The van der Waals surface area contributed by atoms with Gasteiger partial charge in [-0.05, 0) is 37.5 Å². The van der Waals surface area contributed by atoms with Crippen molar-refractivity contribution in [3.05, 3.63) is 0 Å². The molecule has 16 heavy (non-hydrogen) atoms. The molecular weight excluding hydrogens is 194 g/mol. The van der Waals surface area contributed by atoms with Gasteiger partial charge in [0, 0.05) is 12.1 Å². The normalized spacial score (nSPS) is 26.8. The van der Waals surface area contributed by atoms with Gasteiger partial charge in [-0.15, -0.1) is 0 Å². The molecule has 0 bridgehead atoms. The first-order valence-corrected chi connectivity index (χ1v) is 7.43. The summed E-state index contributed by atoms with van der Waals surface area (Å²) < 4.78 is 0. The number of unbranched alkanes of at least 4 members (excludes halogenated alkanes) is 1. The summed E-state index contributed by atoms with van der Waals surface area (Å²) in [6.07, 6.45) is 9.63. The molecule has 0 spiro atoms. The molecule has 96 valence electrons. The fourth-order valence-electron chi connectivity index (χ4n) is 2.79. The molecule has 1 heteroatoms. The molecular formula is C15H31N. The quantitative estimate of drug-likeness (QED) is 0.647. The van der Waals surface area contributed by atoms with E-state index in [0.717, 1.165) is 23.9 Å². The van der Waals surface area contributed by atoms with Crippen LogP contribution in [0.25, 0.3) is 0 Å². The predicted molar refractivity (Wildman–Crippen MR) is 72.7 cm³/mol. The van der Waals surface area contributed by atoms with Gasteiger partial charge in [0.2, 0.25) is 0 Å². The van der Waals surface area contributed by atoms with E-state index in [9.17, 15) is 0 Å². The van der Waals surface area contributed by atoms with Crippen LogP contribution in [0.5, 0.6) is 0 Å². The fraction of sp³-hybridized carbons (Fsp3) is 1.00. The highest BCUT2D eigenvalue weighted by atomic mass is 15.0. The summed E-state index contributed by atoms with van der Waals surface area (Å²) in [6.45, 7) is 9.32. The first kappa shape index (κ1) is 14.0. The number of hydrogen-bond donors (Lipinski definition) is 1. The summed E-state index contributed by atoms with van der Waals surface area (Å²) in [5.41, 5.74) is 0. The van der Waals surface area contributed by atoms with E-state index >= 15 is 0 Å². The van der Waals surface area contributed by atoms with Crippen LogP contribution in [0.3, 0.4) is 0 Å². The lowest BCUT2D eigenvalue weighted by Crippen LogP contribution is -2.47. The Balaban J connectivity index is 2.17. The third-order valence-electron chi connectivity index (χ3n) is 4.13. The minimum absolute atomic E-state index is 0.795. The molecule has 1 fully saturated rings. The highest BCUT2D eigenvalue weighted by Gasteiger charge is 2.31. The van der Waals surface area contributed by atoms with Crippen molar-refractivity contribution in [3.8, 4) is 0 Å². The van der Waals surface area contributed by atoms with Crippen molar-refractivity contribution in [1.29, 1.82) is 0 Å². The molecule has 1 nitrogen and oxygen atoms in total. The van der Waals surface area contributed by atoms with Gasteiger partial charge in [0.1, 0.15) is 0 Å². The monoisotopic (exact) mass is 225 g/mol. The van der Waals surface area contributed by atoms with Crippen LogP contribution in [0.4, 0.5) is 0 Å². The smallest absolute Gasteiger partial charge is 0.00751 e. The van der Waals surface area contributed by atoms with E-state index in [2.05, 4.69) is 33.0 Å². The Hall–Kier alpha value is -0.0400. The summed E-state index contributed by atoms with van der Waals surface area (Å²) in [5.74, 6) is 1.88. The van der Waals surface area contributed by atoms with Crippen LogP contribution in [0, 0.1) is 11.8 Å². The zero-order valence-corrected chi connectivity index (χ0v) is 11.8. The molecule has 1 aliphatic carbocycles. The third kappa shape index (κ3) is 4.45. The van der Waals surface area contributed by atoms with Crippen LogP contribution < -0.4 is 5.32 Å². The van der Waals surface area contributed by atoms with Gasteiger partial charge in [-0.1, -0.05) is 47.0 Å². The average molecular weight is 225 g/mol. The van der Waals surface area contributed by atoms with Crippen molar-refractivity contribution in [2.45, 2.75) is 84.7 Å². The largest absolute Gasteiger partial charge is 0.311 e. The van der Waals surface area contributed by atoms with Crippen molar-refractivity contribution < 1.29 is 0 Å². The maximum atomic E-state index is 3.87. The number of rotatable bonds is 8. The van der Waals surface area contributed by atoms with Gasteiger partial charge in [-0.3, -0.25) is 0 Å². The average Bonchev–Trinajstić information content (AvgIpc) is 2.18. The molecule has 1 unspecified atom stereocenters. The second-order valence-corrected chi connectivity index (χ2v) is 5.97. The second kappa shape index (κ2) is 7.32. The second-order valence-electron chi connectivity index (χ2n) is 5.97. The lowest BCUT2D eigenvalue weighted by molar-refractivity contribution is 0.153. The molecule has 0 aromatic heterocycles. The van der Waals surface area contributed by atoms with E-state index in [4.69, 9.17) is 0 Å². The van der Waals surface area contributed by atoms with Crippen LogP contribution in [-0.2, 0) is 0 Å². The molecule has 1 rings (SSSR count). The van der Waals surface area contributed by atoms with Crippen LogP contribution in [0.2, 0.25) is 0 Å². The molecule has 1 saturated carbocycles. The summed E-state index contributed by atoms with van der Waals surface area (Å²) in [4.78, 5) is 0. The van der Waals surface area contributed by atoms with Crippen molar-refractivity contribution >= 4 is 0 Å². The van der Waals surface area contributed by atoms with Gasteiger partial charge >= 0.3 is 0 Å². The first-order chi connectivity index (χ1) is 7.67. The van der Waals surface area contributed by atoms with Gasteiger partial charge in [0.25, 0.3) is 0 Å². The van der Waals surface area contributed by atoms with Crippen LogP contribution in [0.15, 0.2) is 0 Å². The van der Waals surface area contributed by atoms with E-state index < -0.39 is 0 Å². The zero-order valence-electron chi connectivity index (χ0n) is 11.8. The standard InChI is InChI=1S/C15H31N/c1-5-7-9-14(8-6-2)16-15-10-13(11-15)12(3)4/h12-16H,5-11H2,1-4H3. The molecule has 1 aliphatic rings. The van der Waals surface area contributed by atoms with Crippen LogP contribution >= 0.6 is 0 Å². The highest BCUT2D eigenvalue weighted by molar-refractivity contribution is 4.88. The molecule has 0 amide bonds. The van der Waals surface area contributed by atoms with Crippen molar-refractivity contribution in [1.82, 2.24) is 5.32 Å². The summed E-state index contributed by atoms with van der Waals surface area (Å²) in [7, 11) is 0. The number of nitrogens with one attached hydrogen (secondary N) is 1. The minimum Gasteiger partial charge on any atom is -0.311 e. The van der Waals surface area contributed by atoms with Crippen molar-refractivity contribution in [3.63, 3.8) is 0 Å². The Morgan fingerprint density at radius 1 is 1.06 bits per heavy atom.